The summed E-state index contributed by atoms with van der Waals surface area (Å²) in [5.41, 5.74) is 0. The second-order valence-corrected chi connectivity index (χ2v) is 3.18. The molecule has 0 rings (SSSR count). The molecule has 1 nitrogen and oxygen atoms in total. The lowest BCUT2D eigenvalue weighted by Crippen LogP contribution is -1.94. The first kappa shape index (κ1) is 9.15. The Balaban J connectivity index is 3.53. The van der Waals surface area contributed by atoms with E-state index in [4.69, 9.17) is 0 Å². The minimum absolute atomic E-state index is 0.340. The molecule has 3 heteroatoms. The summed E-state index contributed by atoms with van der Waals surface area (Å²) >= 11 is 6.28. The SMILES string of the molecule is CCSC(CC)N=C=S. The molecule has 0 amide bonds. The lowest BCUT2D eigenvalue weighted by atomic mass is 10.5. The first-order chi connectivity index (χ1) is 4.35. The van der Waals surface area contributed by atoms with E-state index >= 15 is 0 Å². The minimum Gasteiger partial charge on any atom is -0.218 e. The summed E-state index contributed by atoms with van der Waals surface area (Å²) in [6.45, 7) is 4.22. The molecule has 0 saturated heterocycles. The van der Waals surface area contributed by atoms with Crippen LogP contribution in [0.1, 0.15) is 20.3 Å². The largest absolute Gasteiger partial charge is 0.218 e. The van der Waals surface area contributed by atoms with Crippen molar-refractivity contribution in [3.05, 3.63) is 0 Å². The third-order valence-corrected chi connectivity index (χ3v) is 2.17. The normalized spacial score (nSPS) is 12.2. The molecule has 0 bridgehead atoms. The number of nitrogens with zero attached hydrogens (tertiary/aromatic N) is 1. The molecule has 0 fully saturated rings. The van der Waals surface area contributed by atoms with Crippen molar-refractivity contribution < 1.29 is 0 Å². The fraction of sp³-hybridized carbons (Fsp3) is 0.833. The molecule has 0 aromatic carbocycles. The molecule has 0 aliphatic heterocycles. The lowest BCUT2D eigenvalue weighted by molar-refractivity contribution is 0.876. The maximum atomic E-state index is 4.48. The average Bonchev–Trinajstić information content (AvgIpc) is 1.88. The Kier molecular flexibility index (Phi) is 6.38. The summed E-state index contributed by atoms with van der Waals surface area (Å²) in [5.74, 6) is 1.10. The van der Waals surface area contributed by atoms with Gasteiger partial charge in [-0.05, 0) is 24.4 Å². The number of thioether (sulfide) groups is 1. The van der Waals surface area contributed by atoms with Gasteiger partial charge < -0.3 is 0 Å². The highest BCUT2D eigenvalue weighted by Gasteiger charge is 1.99. The molecule has 0 aromatic rings. The first-order valence-electron chi connectivity index (χ1n) is 3.03. The molecule has 0 spiro atoms. The summed E-state index contributed by atoms with van der Waals surface area (Å²) in [5, 5.41) is 2.73. The van der Waals surface area contributed by atoms with E-state index in [2.05, 4.69) is 36.2 Å². The van der Waals surface area contributed by atoms with E-state index in [-0.39, 0.29) is 0 Å². The van der Waals surface area contributed by atoms with Crippen molar-refractivity contribution in [1.82, 2.24) is 0 Å². The van der Waals surface area contributed by atoms with Gasteiger partial charge in [0.2, 0.25) is 0 Å². The van der Waals surface area contributed by atoms with Gasteiger partial charge in [0.25, 0.3) is 0 Å². The van der Waals surface area contributed by atoms with E-state index in [9.17, 15) is 0 Å². The number of aliphatic imine (C=N–C) groups is 1. The summed E-state index contributed by atoms with van der Waals surface area (Å²) in [4.78, 5) is 3.96. The van der Waals surface area contributed by atoms with E-state index in [1.807, 2.05) is 0 Å². The van der Waals surface area contributed by atoms with Gasteiger partial charge in [0.15, 0.2) is 0 Å². The smallest absolute Gasteiger partial charge is 0.105 e. The van der Waals surface area contributed by atoms with Crippen molar-refractivity contribution in [2.24, 2.45) is 4.99 Å². The van der Waals surface area contributed by atoms with Gasteiger partial charge in [-0.1, -0.05) is 13.8 Å². The van der Waals surface area contributed by atoms with Crippen LogP contribution in [0.3, 0.4) is 0 Å². The van der Waals surface area contributed by atoms with Crippen LogP contribution in [0.5, 0.6) is 0 Å². The summed E-state index contributed by atoms with van der Waals surface area (Å²) < 4.78 is 0. The zero-order valence-electron chi connectivity index (χ0n) is 5.76. The van der Waals surface area contributed by atoms with Crippen LogP contribution in [0.4, 0.5) is 0 Å². The van der Waals surface area contributed by atoms with Gasteiger partial charge in [-0.2, -0.15) is 0 Å². The van der Waals surface area contributed by atoms with Gasteiger partial charge >= 0.3 is 0 Å². The Hall–Kier alpha value is 0.150. The zero-order valence-corrected chi connectivity index (χ0v) is 7.39. The summed E-state index contributed by atoms with van der Waals surface area (Å²) in [7, 11) is 0. The fourth-order valence-corrected chi connectivity index (χ4v) is 1.44. The Bertz CT molecular complexity index is 108. The Morgan fingerprint density at radius 2 is 2.33 bits per heavy atom. The van der Waals surface area contributed by atoms with E-state index in [1.54, 1.807) is 11.8 Å². The predicted molar refractivity (Wildman–Crippen MR) is 47.2 cm³/mol. The van der Waals surface area contributed by atoms with Crippen LogP contribution in [-0.4, -0.2) is 16.3 Å². The van der Waals surface area contributed by atoms with Crippen molar-refractivity contribution in [1.29, 1.82) is 0 Å². The van der Waals surface area contributed by atoms with E-state index in [0.29, 0.717) is 5.37 Å². The van der Waals surface area contributed by atoms with Crippen molar-refractivity contribution in [3.63, 3.8) is 0 Å². The highest BCUT2D eigenvalue weighted by atomic mass is 32.2. The molecule has 1 unspecified atom stereocenters. The first-order valence-corrected chi connectivity index (χ1v) is 4.49. The average molecular weight is 161 g/mol. The standard InChI is InChI=1S/C6H11NS2/c1-3-6(7-5-8)9-4-2/h6H,3-4H2,1-2H3. The topological polar surface area (TPSA) is 12.4 Å². The van der Waals surface area contributed by atoms with Gasteiger partial charge in [-0.25, -0.2) is 4.99 Å². The van der Waals surface area contributed by atoms with Crippen molar-refractivity contribution in [2.75, 3.05) is 5.75 Å². The van der Waals surface area contributed by atoms with Crippen molar-refractivity contribution in [2.45, 2.75) is 25.6 Å². The van der Waals surface area contributed by atoms with Crippen LogP contribution in [0, 0.1) is 0 Å². The number of rotatable bonds is 4. The monoisotopic (exact) mass is 161 g/mol. The fourth-order valence-electron chi connectivity index (χ4n) is 0.498. The molecule has 52 valence electrons. The molecule has 1 atom stereocenters. The second kappa shape index (κ2) is 6.27. The van der Waals surface area contributed by atoms with Crippen molar-refractivity contribution >= 4 is 29.1 Å². The molecule has 0 aromatic heterocycles. The van der Waals surface area contributed by atoms with Gasteiger partial charge in [0.05, 0.1) is 5.16 Å². The highest BCUT2D eigenvalue weighted by molar-refractivity contribution is 7.99. The molecule has 9 heavy (non-hydrogen) atoms. The Morgan fingerprint density at radius 3 is 2.67 bits per heavy atom. The van der Waals surface area contributed by atoms with Crippen LogP contribution in [0.15, 0.2) is 4.99 Å². The number of isothiocyanates is 1. The van der Waals surface area contributed by atoms with Crippen LogP contribution < -0.4 is 0 Å². The molecule has 0 N–H and O–H groups in total. The number of hydrogen-bond acceptors (Lipinski definition) is 3. The molecule has 0 aliphatic rings. The van der Waals surface area contributed by atoms with Crippen LogP contribution >= 0.6 is 24.0 Å². The van der Waals surface area contributed by atoms with Crippen LogP contribution in [-0.2, 0) is 0 Å². The van der Waals surface area contributed by atoms with Gasteiger partial charge in [-0.3, -0.25) is 0 Å². The maximum absolute atomic E-state index is 4.48. The van der Waals surface area contributed by atoms with Crippen molar-refractivity contribution in [3.8, 4) is 0 Å². The summed E-state index contributed by atoms with van der Waals surface area (Å²) in [6.07, 6.45) is 1.04. The second-order valence-electron chi connectivity index (χ2n) is 1.54. The molecular formula is C6H11NS2. The number of thiocarbonyl (C=S) groups is 1. The Morgan fingerprint density at radius 1 is 1.67 bits per heavy atom. The molecule has 0 saturated carbocycles. The van der Waals surface area contributed by atoms with Crippen LogP contribution in [0.2, 0.25) is 0 Å². The quantitative estimate of drug-likeness (QED) is 0.464. The molecular weight excluding hydrogens is 150 g/mol. The van der Waals surface area contributed by atoms with E-state index in [1.165, 1.54) is 0 Å². The van der Waals surface area contributed by atoms with Crippen LogP contribution in [0.25, 0.3) is 0 Å². The zero-order chi connectivity index (χ0) is 7.11. The minimum atomic E-state index is 0.340. The van der Waals surface area contributed by atoms with E-state index < -0.39 is 0 Å². The molecule has 0 aliphatic carbocycles. The lowest BCUT2D eigenvalue weighted by Gasteiger charge is -2.03. The predicted octanol–water partition coefficient (Wildman–Crippen LogP) is 2.58. The maximum Gasteiger partial charge on any atom is 0.105 e. The van der Waals surface area contributed by atoms with Gasteiger partial charge in [-0.15, -0.1) is 11.8 Å². The summed E-state index contributed by atoms with van der Waals surface area (Å²) in [6, 6.07) is 0. The van der Waals surface area contributed by atoms with E-state index in [0.717, 1.165) is 12.2 Å². The van der Waals surface area contributed by atoms with Gasteiger partial charge in [0.1, 0.15) is 5.37 Å². The Labute approximate surface area is 65.9 Å². The number of hydrogen-bond donors (Lipinski definition) is 0. The van der Waals surface area contributed by atoms with Gasteiger partial charge in [0, 0.05) is 0 Å². The molecule has 0 heterocycles. The highest BCUT2D eigenvalue weighted by Crippen LogP contribution is 2.13. The molecule has 0 radical (unpaired) electrons. The third-order valence-electron chi connectivity index (χ3n) is 0.905. The third kappa shape index (κ3) is 4.64.